The van der Waals surface area contributed by atoms with Crippen LogP contribution in [0.1, 0.15) is 37.8 Å². The normalized spacial score (nSPS) is 10.0. The first-order valence-electron chi connectivity index (χ1n) is 5.58. The van der Waals surface area contributed by atoms with Gasteiger partial charge in [0.1, 0.15) is 0 Å². The van der Waals surface area contributed by atoms with Gasteiger partial charge in [-0.1, -0.05) is 25.5 Å². The van der Waals surface area contributed by atoms with Gasteiger partial charge in [-0.25, -0.2) is 0 Å². The van der Waals surface area contributed by atoms with Crippen molar-refractivity contribution in [1.29, 1.82) is 5.41 Å². The first-order valence-corrected chi connectivity index (χ1v) is 5.58. The van der Waals surface area contributed by atoms with Gasteiger partial charge in [-0.2, -0.15) is 0 Å². The second-order valence-corrected chi connectivity index (χ2v) is 3.57. The summed E-state index contributed by atoms with van der Waals surface area (Å²) < 4.78 is 5.17. The quantitative estimate of drug-likeness (QED) is 0.580. The molecule has 0 unspecified atom stereocenters. The summed E-state index contributed by atoms with van der Waals surface area (Å²) in [5.74, 6) is 0.274. The zero-order valence-electron chi connectivity index (χ0n) is 9.55. The summed E-state index contributed by atoms with van der Waals surface area (Å²) in [4.78, 5) is 0. The maximum absolute atomic E-state index is 7.68. The topological polar surface area (TPSA) is 33.1 Å². The molecular weight excluding hydrogens is 186 g/mol. The molecule has 0 spiro atoms. The number of hydrogen-bond acceptors (Lipinski definition) is 2. The molecule has 1 N–H and O–H groups in total. The molecule has 0 radical (unpaired) electrons. The van der Waals surface area contributed by atoms with Crippen LogP contribution in [0.5, 0.6) is 0 Å². The maximum Gasteiger partial charge on any atom is 0.213 e. The summed E-state index contributed by atoms with van der Waals surface area (Å²) in [5, 5.41) is 7.68. The van der Waals surface area contributed by atoms with Crippen LogP contribution in [0.3, 0.4) is 0 Å². The van der Waals surface area contributed by atoms with E-state index in [1.165, 1.54) is 18.4 Å². The van der Waals surface area contributed by atoms with Gasteiger partial charge in [0.15, 0.2) is 0 Å². The van der Waals surface area contributed by atoms with Crippen LogP contribution in [-0.2, 0) is 11.2 Å². The number of hydrogen-bond donors (Lipinski definition) is 1. The number of ether oxygens (including phenoxy) is 1. The molecule has 0 aliphatic rings. The summed E-state index contributed by atoms with van der Waals surface area (Å²) in [6.45, 7) is 4.64. The zero-order chi connectivity index (χ0) is 11.1. The number of aryl methyl sites for hydroxylation is 1. The van der Waals surface area contributed by atoms with E-state index in [1.807, 2.05) is 25.1 Å². The third-order valence-corrected chi connectivity index (χ3v) is 2.30. The number of benzene rings is 1. The molecule has 0 aliphatic carbocycles. The molecule has 0 bridgehead atoms. The van der Waals surface area contributed by atoms with Crippen molar-refractivity contribution >= 4 is 5.90 Å². The van der Waals surface area contributed by atoms with Crippen molar-refractivity contribution in [2.24, 2.45) is 0 Å². The van der Waals surface area contributed by atoms with Gasteiger partial charge in [0, 0.05) is 5.56 Å². The van der Waals surface area contributed by atoms with Gasteiger partial charge in [0.05, 0.1) is 6.61 Å². The smallest absolute Gasteiger partial charge is 0.213 e. The van der Waals surface area contributed by atoms with Crippen LogP contribution in [0.15, 0.2) is 24.3 Å². The summed E-state index contributed by atoms with van der Waals surface area (Å²) in [6, 6.07) is 8.08. The predicted octanol–water partition coefficient (Wildman–Crippen LogP) is 3.39. The Morgan fingerprint density at radius 3 is 2.80 bits per heavy atom. The van der Waals surface area contributed by atoms with Crippen LogP contribution in [0.2, 0.25) is 0 Å². The van der Waals surface area contributed by atoms with Gasteiger partial charge < -0.3 is 4.74 Å². The Kier molecular flexibility index (Phi) is 4.88. The molecule has 0 saturated carbocycles. The zero-order valence-corrected chi connectivity index (χ0v) is 9.55. The van der Waals surface area contributed by atoms with Gasteiger partial charge in [-0.05, 0) is 37.5 Å². The van der Waals surface area contributed by atoms with E-state index >= 15 is 0 Å². The Labute approximate surface area is 91.8 Å². The molecule has 0 fully saturated rings. The van der Waals surface area contributed by atoms with E-state index in [0.717, 1.165) is 12.0 Å². The Balaban J connectivity index is 2.69. The molecule has 0 aliphatic heterocycles. The largest absolute Gasteiger partial charge is 0.478 e. The monoisotopic (exact) mass is 205 g/mol. The van der Waals surface area contributed by atoms with Gasteiger partial charge in [0.25, 0.3) is 0 Å². The van der Waals surface area contributed by atoms with E-state index in [9.17, 15) is 0 Å². The second-order valence-electron chi connectivity index (χ2n) is 3.57. The molecule has 2 heteroatoms. The van der Waals surface area contributed by atoms with E-state index < -0.39 is 0 Å². The highest BCUT2D eigenvalue weighted by Crippen LogP contribution is 2.09. The number of nitrogens with one attached hydrogen (secondary N) is 1. The van der Waals surface area contributed by atoms with E-state index in [1.54, 1.807) is 0 Å². The van der Waals surface area contributed by atoms with Crippen molar-refractivity contribution in [3.8, 4) is 0 Å². The van der Waals surface area contributed by atoms with Crippen LogP contribution in [0, 0.1) is 5.41 Å². The van der Waals surface area contributed by atoms with Crippen molar-refractivity contribution in [1.82, 2.24) is 0 Å². The highest BCUT2D eigenvalue weighted by atomic mass is 16.5. The lowest BCUT2D eigenvalue weighted by molar-refractivity contribution is 0.325. The molecular formula is C13H19NO. The van der Waals surface area contributed by atoms with Gasteiger partial charge >= 0.3 is 0 Å². The van der Waals surface area contributed by atoms with E-state index in [2.05, 4.69) is 13.0 Å². The molecule has 0 aromatic heterocycles. The van der Waals surface area contributed by atoms with Crippen molar-refractivity contribution < 1.29 is 4.74 Å². The van der Waals surface area contributed by atoms with Crippen molar-refractivity contribution in [2.75, 3.05) is 6.61 Å². The Hall–Kier alpha value is -1.31. The third-order valence-electron chi connectivity index (χ3n) is 2.30. The van der Waals surface area contributed by atoms with Crippen molar-refractivity contribution in [2.45, 2.75) is 33.1 Å². The molecule has 1 aromatic carbocycles. The van der Waals surface area contributed by atoms with E-state index in [0.29, 0.717) is 6.61 Å². The van der Waals surface area contributed by atoms with Crippen LogP contribution in [-0.4, -0.2) is 12.5 Å². The molecule has 82 valence electrons. The first-order chi connectivity index (χ1) is 7.27. The number of rotatable bonds is 5. The highest BCUT2D eigenvalue weighted by molar-refractivity contribution is 5.91. The van der Waals surface area contributed by atoms with E-state index in [4.69, 9.17) is 10.1 Å². The summed E-state index contributed by atoms with van der Waals surface area (Å²) in [6.07, 6.45) is 3.49. The predicted molar refractivity (Wildman–Crippen MR) is 63.5 cm³/mol. The highest BCUT2D eigenvalue weighted by Gasteiger charge is 2.02. The van der Waals surface area contributed by atoms with E-state index in [-0.39, 0.29) is 5.90 Å². The average Bonchev–Trinajstić information content (AvgIpc) is 2.27. The minimum atomic E-state index is 0.274. The van der Waals surface area contributed by atoms with Crippen LogP contribution < -0.4 is 0 Å². The lowest BCUT2D eigenvalue weighted by atomic mass is 10.1. The summed E-state index contributed by atoms with van der Waals surface area (Å²) in [7, 11) is 0. The van der Waals surface area contributed by atoms with Crippen molar-refractivity contribution in [3.05, 3.63) is 35.4 Å². The Bertz CT molecular complexity index is 320. The fourth-order valence-corrected chi connectivity index (χ4v) is 1.48. The fraction of sp³-hybridized carbons (Fsp3) is 0.462. The van der Waals surface area contributed by atoms with Crippen LogP contribution in [0.4, 0.5) is 0 Å². The molecule has 0 saturated heterocycles. The fourth-order valence-electron chi connectivity index (χ4n) is 1.48. The molecule has 1 rings (SSSR count). The molecule has 0 heterocycles. The molecule has 0 atom stereocenters. The van der Waals surface area contributed by atoms with Gasteiger partial charge in [-0.15, -0.1) is 0 Å². The lowest BCUT2D eigenvalue weighted by Gasteiger charge is -2.06. The Morgan fingerprint density at radius 1 is 1.33 bits per heavy atom. The second kappa shape index (κ2) is 6.23. The van der Waals surface area contributed by atoms with Crippen LogP contribution in [0.25, 0.3) is 0 Å². The summed E-state index contributed by atoms with van der Waals surface area (Å²) in [5.41, 5.74) is 2.17. The minimum Gasteiger partial charge on any atom is -0.478 e. The SMILES string of the molecule is CCCCc1cccc(C(=N)OCC)c1. The van der Waals surface area contributed by atoms with Gasteiger partial charge in [0.2, 0.25) is 5.90 Å². The first kappa shape index (κ1) is 11.8. The Morgan fingerprint density at radius 2 is 2.13 bits per heavy atom. The standard InChI is InChI=1S/C13H19NO/c1-3-5-7-11-8-6-9-12(10-11)13(14)15-4-2/h6,8-10,14H,3-5,7H2,1-2H3. The molecule has 15 heavy (non-hydrogen) atoms. The number of unbranched alkanes of at least 4 members (excludes halogenated alkanes) is 1. The van der Waals surface area contributed by atoms with Crippen molar-refractivity contribution in [3.63, 3.8) is 0 Å². The average molecular weight is 205 g/mol. The molecule has 2 nitrogen and oxygen atoms in total. The molecule has 0 amide bonds. The molecule has 1 aromatic rings. The minimum absolute atomic E-state index is 0.274. The lowest BCUT2D eigenvalue weighted by Crippen LogP contribution is -2.04. The third kappa shape index (κ3) is 3.74. The summed E-state index contributed by atoms with van der Waals surface area (Å²) >= 11 is 0. The maximum atomic E-state index is 7.68. The van der Waals surface area contributed by atoms with Gasteiger partial charge in [-0.3, -0.25) is 5.41 Å². The van der Waals surface area contributed by atoms with Crippen LogP contribution >= 0.6 is 0 Å².